The molecule has 1 saturated heterocycles. The summed E-state index contributed by atoms with van der Waals surface area (Å²) in [5.41, 5.74) is 1.42. The van der Waals surface area contributed by atoms with Gasteiger partial charge in [-0.05, 0) is 73.6 Å². The summed E-state index contributed by atoms with van der Waals surface area (Å²) < 4.78 is 5.87. The number of carbonyl (C=O) groups excluding carboxylic acids is 2. The molecule has 2 aliphatic rings. The second kappa shape index (κ2) is 15.7. The van der Waals surface area contributed by atoms with Crippen LogP contribution in [0.5, 0.6) is 11.5 Å². The first-order valence-corrected chi connectivity index (χ1v) is 15.7. The van der Waals surface area contributed by atoms with E-state index >= 15 is 0 Å². The smallest absolute Gasteiger partial charge is 0.335 e. The number of piperidine rings is 1. The van der Waals surface area contributed by atoms with Gasteiger partial charge < -0.3 is 20.1 Å². The number of nitrogens with zero attached hydrogens (tertiary/aromatic N) is 2. The lowest BCUT2D eigenvalue weighted by Crippen LogP contribution is -2.54. The molecule has 228 valence electrons. The summed E-state index contributed by atoms with van der Waals surface area (Å²) in [6.45, 7) is 7.10. The lowest BCUT2D eigenvalue weighted by atomic mass is 9.84. The van der Waals surface area contributed by atoms with Crippen molar-refractivity contribution in [2.45, 2.75) is 96.7 Å². The lowest BCUT2D eigenvalue weighted by molar-refractivity contribution is -0.139. The minimum atomic E-state index is -0.959. The van der Waals surface area contributed by atoms with Crippen molar-refractivity contribution < 1.29 is 24.2 Å². The minimum Gasteiger partial charge on any atom is -0.478 e. The van der Waals surface area contributed by atoms with Crippen molar-refractivity contribution in [2.75, 3.05) is 19.6 Å². The standard InChI is InChI=1S/C34H47N3O5/c1-3-4-20-37(33(39)32(35-25(2)38)23-26-8-6-5-7-9-26)29-18-21-36(22-19-29)24-27-10-14-30(15-11-27)42-31-16-12-28(13-17-31)34(40)41/h10-17,26,29,32H,3-9,18-24H2,1-2H3,(H,35,38)(H,40,41). The molecule has 1 aliphatic heterocycles. The van der Waals surface area contributed by atoms with E-state index in [1.807, 2.05) is 12.1 Å². The molecule has 1 unspecified atom stereocenters. The molecular weight excluding hydrogens is 530 g/mol. The molecule has 1 aliphatic carbocycles. The number of likely N-dealkylation sites (tertiary alicyclic amines) is 1. The number of carboxylic acid groups (broad SMARTS) is 1. The molecule has 1 saturated carbocycles. The predicted octanol–water partition coefficient (Wildman–Crippen LogP) is 6.25. The van der Waals surface area contributed by atoms with Crippen molar-refractivity contribution in [1.82, 2.24) is 15.1 Å². The molecule has 0 aromatic heterocycles. The van der Waals surface area contributed by atoms with Gasteiger partial charge in [0.15, 0.2) is 0 Å². The highest BCUT2D eigenvalue weighted by atomic mass is 16.5. The van der Waals surface area contributed by atoms with Crippen LogP contribution in [0.4, 0.5) is 0 Å². The number of hydrogen-bond acceptors (Lipinski definition) is 5. The van der Waals surface area contributed by atoms with Crippen LogP contribution < -0.4 is 10.1 Å². The number of aromatic carboxylic acids is 1. The van der Waals surface area contributed by atoms with Crippen LogP contribution in [0, 0.1) is 5.92 Å². The average molecular weight is 578 g/mol. The second-order valence-corrected chi connectivity index (χ2v) is 12.0. The Morgan fingerprint density at radius 3 is 2.14 bits per heavy atom. The lowest BCUT2D eigenvalue weighted by Gasteiger charge is -2.40. The van der Waals surface area contributed by atoms with E-state index in [0.29, 0.717) is 17.4 Å². The summed E-state index contributed by atoms with van der Waals surface area (Å²) in [6, 6.07) is 14.2. The zero-order chi connectivity index (χ0) is 29.9. The van der Waals surface area contributed by atoms with Crippen LogP contribution in [0.1, 0.15) is 94.0 Å². The van der Waals surface area contributed by atoms with E-state index in [1.165, 1.54) is 43.9 Å². The Morgan fingerprint density at radius 1 is 0.952 bits per heavy atom. The molecule has 2 aromatic carbocycles. The first-order valence-electron chi connectivity index (χ1n) is 15.7. The molecule has 8 heteroatoms. The van der Waals surface area contributed by atoms with Gasteiger partial charge in [-0.15, -0.1) is 0 Å². The molecule has 2 amide bonds. The molecule has 8 nitrogen and oxygen atoms in total. The third-order valence-corrected chi connectivity index (χ3v) is 8.67. The molecule has 1 heterocycles. The van der Waals surface area contributed by atoms with Gasteiger partial charge in [0.2, 0.25) is 11.8 Å². The van der Waals surface area contributed by atoms with E-state index < -0.39 is 12.0 Å². The maximum absolute atomic E-state index is 13.9. The Bertz CT molecular complexity index is 1150. The number of carboxylic acids is 1. The summed E-state index contributed by atoms with van der Waals surface area (Å²) in [5.74, 6) is 0.838. The quantitative estimate of drug-likeness (QED) is 0.292. The van der Waals surface area contributed by atoms with Gasteiger partial charge in [-0.25, -0.2) is 4.79 Å². The molecule has 0 radical (unpaired) electrons. The Labute approximate surface area is 250 Å². The maximum atomic E-state index is 13.9. The van der Waals surface area contributed by atoms with Gasteiger partial charge in [0, 0.05) is 39.1 Å². The Morgan fingerprint density at radius 2 is 1.57 bits per heavy atom. The second-order valence-electron chi connectivity index (χ2n) is 12.0. The van der Waals surface area contributed by atoms with E-state index in [2.05, 4.69) is 34.2 Å². The maximum Gasteiger partial charge on any atom is 0.335 e. The molecule has 1 atom stereocenters. The average Bonchev–Trinajstić information content (AvgIpc) is 2.99. The molecule has 0 bridgehead atoms. The van der Waals surface area contributed by atoms with E-state index in [4.69, 9.17) is 9.84 Å². The Kier molecular flexibility index (Phi) is 11.8. The molecule has 2 N–H and O–H groups in total. The zero-order valence-corrected chi connectivity index (χ0v) is 25.2. The number of rotatable bonds is 13. The highest BCUT2D eigenvalue weighted by Crippen LogP contribution is 2.29. The number of benzene rings is 2. The normalized spacial score (nSPS) is 17.4. The van der Waals surface area contributed by atoms with Crippen LogP contribution >= 0.6 is 0 Å². The van der Waals surface area contributed by atoms with Gasteiger partial charge in [-0.1, -0.05) is 57.6 Å². The number of ether oxygens (including phenoxy) is 1. The van der Waals surface area contributed by atoms with E-state index in [1.54, 1.807) is 12.1 Å². The Balaban J connectivity index is 1.31. The van der Waals surface area contributed by atoms with Gasteiger partial charge >= 0.3 is 5.97 Å². The van der Waals surface area contributed by atoms with Crippen LogP contribution in [-0.4, -0.2) is 64.4 Å². The fourth-order valence-corrected chi connectivity index (χ4v) is 6.34. The summed E-state index contributed by atoms with van der Waals surface area (Å²) in [5, 5.41) is 12.1. The molecule has 0 spiro atoms. The largest absolute Gasteiger partial charge is 0.478 e. The van der Waals surface area contributed by atoms with Crippen LogP contribution in [0.3, 0.4) is 0 Å². The van der Waals surface area contributed by atoms with Crippen molar-refractivity contribution in [2.24, 2.45) is 5.92 Å². The SMILES string of the molecule is CCCCN(C(=O)C(CC1CCCCC1)NC(C)=O)C1CCN(Cc2ccc(Oc3ccc(C(=O)O)cc3)cc2)CC1. The third-order valence-electron chi connectivity index (χ3n) is 8.67. The summed E-state index contributed by atoms with van der Waals surface area (Å²) >= 11 is 0. The van der Waals surface area contributed by atoms with E-state index in [9.17, 15) is 14.4 Å². The van der Waals surface area contributed by atoms with Crippen molar-refractivity contribution >= 4 is 17.8 Å². The number of amides is 2. The van der Waals surface area contributed by atoms with Gasteiger partial charge in [0.05, 0.1) is 5.56 Å². The fourth-order valence-electron chi connectivity index (χ4n) is 6.34. The highest BCUT2D eigenvalue weighted by molar-refractivity contribution is 5.88. The topological polar surface area (TPSA) is 99.2 Å². The van der Waals surface area contributed by atoms with Gasteiger partial charge in [0.25, 0.3) is 0 Å². The third kappa shape index (κ3) is 9.31. The van der Waals surface area contributed by atoms with E-state index in [-0.39, 0.29) is 23.4 Å². The van der Waals surface area contributed by atoms with Crippen molar-refractivity contribution in [3.63, 3.8) is 0 Å². The summed E-state index contributed by atoms with van der Waals surface area (Å²) in [4.78, 5) is 41.5. The molecule has 42 heavy (non-hydrogen) atoms. The zero-order valence-electron chi connectivity index (χ0n) is 25.2. The number of hydrogen-bond donors (Lipinski definition) is 2. The van der Waals surface area contributed by atoms with Crippen molar-refractivity contribution in [1.29, 1.82) is 0 Å². The molecular formula is C34H47N3O5. The molecule has 2 aromatic rings. The highest BCUT2D eigenvalue weighted by Gasteiger charge is 2.33. The molecule has 2 fully saturated rings. The molecule has 4 rings (SSSR count). The monoisotopic (exact) mass is 577 g/mol. The first-order chi connectivity index (χ1) is 20.3. The predicted molar refractivity (Wildman–Crippen MR) is 164 cm³/mol. The van der Waals surface area contributed by atoms with Crippen LogP contribution in [0.15, 0.2) is 48.5 Å². The number of nitrogens with one attached hydrogen (secondary N) is 1. The van der Waals surface area contributed by atoms with Crippen LogP contribution in [0.25, 0.3) is 0 Å². The summed E-state index contributed by atoms with van der Waals surface area (Å²) in [6.07, 6.45) is 10.7. The Hall–Kier alpha value is -3.39. The van der Waals surface area contributed by atoms with Crippen molar-refractivity contribution in [3.05, 3.63) is 59.7 Å². The fraction of sp³-hybridized carbons (Fsp3) is 0.559. The van der Waals surface area contributed by atoms with Gasteiger partial charge in [-0.2, -0.15) is 0 Å². The number of carbonyl (C=O) groups is 3. The van der Waals surface area contributed by atoms with Crippen LogP contribution in [0.2, 0.25) is 0 Å². The van der Waals surface area contributed by atoms with Crippen molar-refractivity contribution in [3.8, 4) is 11.5 Å². The minimum absolute atomic E-state index is 0.107. The van der Waals surface area contributed by atoms with E-state index in [0.717, 1.165) is 71.1 Å². The van der Waals surface area contributed by atoms with Crippen LogP contribution in [-0.2, 0) is 16.1 Å². The summed E-state index contributed by atoms with van der Waals surface area (Å²) in [7, 11) is 0. The van der Waals surface area contributed by atoms with Gasteiger partial charge in [-0.3, -0.25) is 14.5 Å². The number of unbranched alkanes of at least 4 members (excludes halogenated alkanes) is 1. The van der Waals surface area contributed by atoms with Gasteiger partial charge in [0.1, 0.15) is 17.5 Å². The first kappa shape index (κ1) is 31.5.